The van der Waals surface area contributed by atoms with Crippen molar-refractivity contribution >= 4 is 65.0 Å². The molecule has 0 bridgehead atoms. The first-order valence-electron chi connectivity index (χ1n) is 27.9. The first-order valence-corrected chi connectivity index (χ1v) is 13.9. The lowest BCUT2D eigenvalue weighted by Crippen LogP contribution is -1.92. The van der Waals surface area contributed by atoms with E-state index < -0.39 is 268 Å². The van der Waals surface area contributed by atoms with E-state index >= 15 is 0 Å². The minimum Gasteiger partial charge on any atom is -0.456 e. The minimum atomic E-state index is -1.10. The van der Waals surface area contributed by atoms with Gasteiger partial charge in [-0.2, -0.15) is 0 Å². The van der Waals surface area contributed by atoms with Crippen LogP contribution >= 0.6 is 0 Å². The molecule has 0 aliphatic heterocycles. The summed E-state index contributed by atoms with van der Waals surface area (Å²) in [7, 11) is 0. The Balaban J connectivity index is 1.53. The molecule has 1 heteroatoms. The van der Waals surface area contributed by atoms with Crippen LogP contribution in [0, 0.1) is 0 Å². The average Bonchev–Trinajstić information content (AvgIpc) is 3.85. The molecule has 1 aromatic heterocycles. The monoisotopic (exact) mass is 624 g/mol. The van der Waals surface area contributed by atoms with Crippen LogP contribution in [0.3, 0.4) is 0 Å². The van der Waals surface area contributed by atoms with Crippen molar-refractivity contribution in [1.82, 2.24) is 0 Å². The maximum Gasteiger partial charge on any atom is 0.136 e. The molecule has 0 fully saturated rings. The van der Waals surface area contributed by atoms with Gasteiger partial charge in [-0.25, -0.2) is 0 Å². The number of fused-ring (bicyclic) bond motifs is 8. The molecule has 0 aliphatic rings. The molecule has 0 saturated heterocycles. The van der Waals surface area contributed by atoms with Gasteiger partial charge in [-0.3, -0.25) is 0 Å². The third-order valence-electron chi connectivity index (χ3n) is 7.76. The van der Waals surface area contributed by atoms with Crippen molar-refractivity contribution in [1.29, 1.82) is 0 Å². The molecule has 0 atom stereocenters. The minimum absolute atomic E-state index is 0.426. The molecule has 47 heavy (non-hydrogen) atoms. The van der Waals surface area contributed by atoms with Crippen LogP contribution in [0.15, 0.2) is 174 Å². The fraction of sp³-hybridized carbons (Fsp3) is 0. The topological polar surface area (TPSA) is 13.1 Å². The van der Waals surface area contributed by atoms with E-state index in [2.05, 4.69) is 0 Å². The smallest absolute Gasteiger partial charge is 0.136 e. The summed E-state index contributed by atoms with van der Waals surface area (Å²) in [6.07, 6.45) is 0. The molecule has 9 aromatic carbocycles. The summed E-state index contributed by atoms with van der Waals surface area (Å²) in [5.74, 6) is 0. The van der Waals surface area contributed by atoms with E-state index in [1.807, 2.05) is 0 Å². The Hall–Kier alpha value is -6.18. The Kier molecular flexibility index (Phi) is 2.31. The van der Waals surface area contributed by atoms with Gasteiger partial charge in [0, 0.05) is 10.8 Å². The van der Waals surface area contributed by atoms with E-state index in [4.69, 9.17) is 27.7 Å². The van der Waals surface area contributed by atoms with Crippen molar-refractivity contribution in [3.8, 4) is 33.4 Å². The summed E-state index contributed by atoms with van der Waals surface area (Å²) < 4.78 is 259. The standard InChI is InChI=1S/C46H28O/c1-2-13-31-27-33(22-21-29(31)11-1)44-37-17-7-9-19-39(37)45(40-20-10-8-18-38(40)44)36-16-6-5-14-34(36)32-24-25-42-41(28-32)46-35-15-4-3-12-30(35)23-26-43(46)47-42/h1-28H/i1D,2D,3D,4D,5D,6D,7D,8D,9D,10D,11D,12D,13D,14D,15D,16D,17D,18D,19D,20D,21D,22D,23D,24D,25D,26D,27D,28D. The van der Waals surface area contributed by atoms with Crippen LogP contribution in [0.5, 0.6) is 0 Å². The fourth-order valence-corrected chi connectivity index (χ4v) is 5.80. The Morgan fingerprint density at radius 2 is 0.872 bits per heavy atom. The van der Waals surface area contributed by atoms with E-state index in [0.29, 0.717) is 0 Å². The van der Waals surface area contributed by atoms with Crippen LogP contribution < -0.4 is 0 Å². The molecule has 0 amide bonds. The summed E-state index contributed by atoms with van der Waals surface area (Å²) in [5.41, 5.74) is -6.20. The lowest BCUT2D eigenvalue weighted by molar-refractivity contribution is 0.669. The fourth-order valence-electron chi connectivity index (χ4n) is 5.80. The zero-order valence-corrected chi connectivity index (χ0v) is 23.4. The highest BCUT2D eigenvalue weighted by Gasteiger charge is 2.20. The highest BCUT2D eigenvalue weighted by molar-refractivity contribution is 6.23. The molecular weight excluding hydrogens is 569 g/mol. The second-order valence-electron chi connectivity index (χ2n) is 10.3. The van der Waals surface area contributed by atoms with Gasteiger partial charge in [0.25, 0.3) is 0 Å². The van der Waals surface area contributed by atoms with Gasteiger partial charge < -0.3 is 4.42 Å². The number of furan rings is 1. The molecule has 0 spiro atoms. The zero-order valence-electron chi connectivity index (χ0n) is 51.4. The van der Waals surface area contributed by atoms with Crippen molar-refractivity contribution in [3.63, 3.8) is 0 Å². The van der Waals surface area contributed by atoms with Gasteiger partial charge in [0.1, 0.15) is 11.2 Å². The van der Waals surface area contributed by atoms with Gasteiger partial charge in [-0.05, 0) is 101 Å². The van der Waals surface area contributed by atoms with Crippen molar-refractivity contribution in [2.24, 2.45) is 0 Å². The molecular formula is C46H28O. The summed E-state index contributed by atoms with van der Waals surface area (Å²) in [6.45, 7) is 0. The van der Waals surface area contributed by atoms with Crippen LogP contribution in [0.1, 0.15) is 38.4 Å². The average molecular weight is 625 g/mol. The molecule has 1 heterocycles. The summed E-state index contributed by atoms with van der Waals surface area (Å²) >= 11 is 0. The molecule has 1 nitrogen and oxygen atoms in total. The van der Waals surface area contributed by atoms with Crippen molar-refractivity contribution in [2.75, 3.05) is 0 Å². The number of hydrogen-bond acceptors (Lipinski definition) is 1. The third kappa shape index (κ3) is 3.97. The van der Waals surface area contributed by atoms with Gasteiger partial charge in [0.15, 0.2) is 0 Å². The van der Waals surface area contributed by atoms with Gasteiger partial charge in [0.2, 0.25) is 0 Å². The van der Waals surface area contributed by atoms with Crippen molar-refractivity contribution < 1.29 is 42.8 Å². The highest BCUT2D eigenvalue weighted by Crippen LogP contribution is 2.47. The number of rotatable bonds is 3. The number of benzene rings is 9. The highest BCUT2D eigenvalue weighted by atomic mass is 16.3. The Morgan fingerprint density at radius 3 is 1.62 bits per heavy atom. The molecule has 0 unspecified atom stereocenters. The maximum atomic E-state index is 9.85. The largest absolute Gasteiger partial charge is 0.456 e. The third-order valence-corrected chi connectivity index (χ3v) is 7.76. The Bertz CT molecular complexity index is 4360. The SMILES string of the molecule is [2H]c1c([2H])c([2H])c(-c2c3c([2H])c([2H])c([2H])c([2H])c3c(-c3c([2H])c([2H])c4c([2H])c([2H])c([2H])c([2H])c4c3[2H])c3c([2H])c([2H])c([2H])c([2H])c23)c(-c2c([2H])c([2H])c3oc4c([2H])c([2H])c5c([2H])c([2H])c([2H])c([2H])c5c4c3c2[2H])c1[2H]. The predicted octanol–water partition coefficient (Wildman–Crippen LogP) is 13.2. The van der Waals surface area contributed by atoms with Crippen molar-refractivity contribution in [2.45, 2.75) is 0 Å². The lowest BCUT2D eigenvalue weighted by atomic mass is 9.83. The second-order valence-corrected chi connectivity index (χ2v) is 10.3. The molecule has 0 saturated carbocycles. The van der Waals surface area contributed by atoms with Crippen LogP contribution in [-0.4, -0.2) is 0 Å². The maximum absolute atomic E-state index is 9.85. The summed E-state index contributed by atoms with van der Waals surface area (Å²) in [5, 5.41) is -6.33. The van der Waals surface area contributed by atoms with Crippen molar-refractivity contribution in [3.05, 3.63) is 169 Å². The van der Waals surface area contributed by atoms with E-state index in [1.165, 1.54) is 0 Å². The van der Waals surface area contributed by atoms with E-state index in [9.17, 15) is 15.1 Å². The van der Waals surface area contributed by atoms with Crippen LogP contribution in [0.2, 0.25) is 0 Å². The van der Waals surface area contributed by atoms with Crippen LogP contribution in [0.25, 0.3) is 98.4 Å². The van der Waals surface area contributed by atoms with E-state index in [0.717, 1.165) is 0 Å². The normalized spacial score (nSPS) is 20.2. The number of hydrogen-bond donors (Lipinski definition) is 0. The quantitative estimate of drug-likeness (QED) is 0.178. The van der Waals surface area contributed by atoms with Gasteiger partial charge >= 0.3 is 0 Å². The molecule has 0 N–H and O–H groups in total. The zero-order chi connectivity index (χ0) is 55.3. The van der Waals surface area contributed by atoms with Gasteiger partial charge in [0.05, 0.1) is 38.4 Å². The van der Waals surface area contributed by atoms with Gasteiger partial charge in [-0.15, -0.1) is 0 Å². The molecule has 10 aromatic rings. The lowest BCUT2D eigenvalue weighted by Gasteiger charge is -2.20. The molecule has 0 aliphatic carbocycles. The summed E-state index contributed by atoms with van der Waals surface area (Å²) in [6, 6.07) is -26.3. The predicted molar refractivity (Wildman–Crippen MR) is 200 cm³/mol. The Labute approximate surface area is 311 Å². The molecule has 0 radical (unpaired) electrons. The van der Waals surface area contributed by atoms with E-state index in [1.54, 1.807) is 0 Å². The first-order chi connectivity index (χ1) is 35.0. The summed E-state index contributed by atoms with van der Waals surface area (Å²) in [4.78, 5) is 0. The second kappa shape index (κ2) is 10.2. The Morgan fingerprint density at radius 1 is 0.340 bits per heavy atom. The van der Waals surface area contributed by atoms with Gasteiger partial charge in [-0.1, -0.05) is 145 Å². The van der Waals surface area contributed by atoms with E-state index in [-0.39, 0.29) is 0 Å². The molecule has 218 valence electrons. The van der Waals surface area contributed by atoms with Crippen LogP contribution in [-0.2, 0) is 0 Å². The molecule has 10 rings (SSSR count). The first kappa shape index (κ1) is 10.7. The van der Waals surface area contributed by atoms with Crippen LogP contribution in [0.4, 0.5) is 0 Å².